The van der Waals surface area contributed by atoms with Crippen LogP contribution in [-0.2, 0) is 56.0 Å². The Kier molecular flexibility index (Phi) is 15.4. The minimum absolute atomic E-state index is 0.691. The van der Waals surface area contributed by atoms with E-state index in [0.29, 0.717) is 0 Å². The molecule has 0 aliphatic heterocycles. The topological polar surface area (TPSA) is 3.88 Å². The molecule has 0 atom stereocenters. The summed E-state index contributed by atoms with van der Waals surface area (Å²) in [6.45, 7) is 0.901. The first-order chi connectivity index (χ1) is 34.1. The van der Waals surface area contributed by atoms with Crippen molar-refractivity contribution >= 4 is 54.7 Å². The second kappa shape index (κ2) is 19.9. The van der Waals surface area contributed by atoms with Crippen molar-refractivity contribution in [3.05, 3.63) is 194 Å². The Morgan fingerprint density at radius 1 is 0.320 bits per heavy atom. The minimum Gasteiger partial charge on any atom is -0.200 e. The van der Waals surface area contributed by atoms with Crippen molar-refractivity contribution in [2.75, 3.05) is 0 Å². The van der Waals surface area contributed by atoms with Gasteiger partial charge in [0, 0.05) is 21.5 Å². The first kappa shape index (κ1) is 57.9. The Labute approximate surface area is 414 Å². The standard InChI is InChI=1S/C32H12BF24.C16H13BrN/c34-25(35,36)13-1-14(26(37,38)39)6-21(5-13)33(22-7-15(27(40,41)42)2-16(8-22)28(43,44)45,23-9-17(29(46,47)48)3-18(10-23)30(49,50)51)24-11-19(31(52,53)54)4-20(12-24)32(55,56)57;17-16-7-5-13(6-8-16)11-18-10-9-14-3-1-2-4-15(14)12-18/h1-12H;1-10,12H,11H2/q-1;+1. The number of benzene rings is 6. The fourth-order valence-electron chi connectivity index (χ4n) is 8.15. The van der Waals surface area contributed by atoms with Gasteiger partial charge in [0.1, 0.15) is 6.15 Å². The predicted molar refractivity (Wildman–Crippen MR) is 227 cm³/mol. The van der Waals surface area contributed by atoms with Crippen LogP contribution in [-0.4, -0.2) is 6.15 Å². The lowest BCUT2D eigenvalue weighted by Gasteiger charge is -2.46. The molecule has 0 unspecified atom stereocenters. The smallest absolute Gasteiger partial charge is 0.200 e. The molecule has 0 bridgehead atoms. The van der Waals surface area contributed by atoms with Crippen LogP contribution in [0.4, 0.5) is 105 Å². The summed E-state index contributed by atoms with van der Waals surface area (Å²) in [5, 5.41) is 2.56. The molecule has 0 fully saturated rings. The molecule has 0 saturated carbocycles. The van der Waals surface area contributed by atoms with Gasteiger partial charge in [0.15, 0.2) is 18.9 Å². The van der Waals surface area contributed by atoms with Crippen LogP contribution in [0, 0.1) is 0 Å². The van der Waals surface area contributed by atoms with Crippen molar-refractivity contribution in [3.63, 3.8) is 0 Å². The fraction of sp³-hybridized carbons (Fsp3) is 0.188. The van der Waals surface area contributed by atoms with Crippen LogP contribution in [0.2, 0.25) is 0 Å². The van der Waals surface area contributed by atoms with Gasteiger partial charge in [0.25, 0.3) is 0 Å². The number of nitrogens with zero attached hydrogens (tertiary/aromatic N) is 1. The van der Waals surface area contributed by atoms with Crippen molar-refractivity contribution in [2.24, 2.45) is 0 Å². The zero-order chi connectivity index (χ0) is 56.3. The molecule has 7 rings (SSSR count). The quantitative estimate of drug-likeness (QED) is 0.0888. The van der Waals surface area contributed by atoms with Gasteiger partial charge in [0.2, 0.25) is 0 Å². The van der Waals surface area contributed by atoms with Crippen LogP contribution in [0.5, 0.6) is 0 Å². The molecule has 0 aliphatic rings. The summed E-state index contributed by atoms with van der Waals surface area (Å²) < 4.78 is 344. The zero-order valence-corrected chi connectivity index (χ0v) is 38.0. The third kappa shape index (κ3) is 13.4. The number of rotatable bonds is 6. The van der Waals surface area contributed by atoms with Crippen molar-refractivity contribution in [1.82, 2.24) is 0 Å². The molecule has 1 aromatic heterocycles. The average Bonchev–Trinajstić information content (AvgIpc) is 3.27. The molecule has 6 aromatic carbocycles. The van der Waals surface area contributed by atoms with Gasteiger partial charge in [-0.05, 0) is 47.9 Å². The van der Waals surface area contributed by atoms with Crippen LogP contribution < -0.4 is 26.4 Å². The molecule has 0 spiro atoms. The summed E-state index contributed by atoms with van der Waals surface area (Å²) in [6, 6.07) is 10.2. The van der Waals surface area contributed by atoms with Crippen LogP contribution in [0.25, 0.3) is 10.8 Å². The highest BCUT2D eigenvalue weighted by Crippen LogP contribution is 2.41. The van der Waals surface area contributed by atoms with E-state index < -0.39 is 195 Å². The Hall–Kier alpha value is -6.41. The highest BCUT2D eigenvalue weighted by Gasteiger charge is 2.47. The van der Waals surface area contributed by atoms with Gasteiger partial charge in [-0.25, -0.2) is 4.57 Å². The number of pyridine rings is 1. The van der Waals surface area contributed by atoms with Gasteiger partial charge in [-0.15, -0.1) is 0 Å². The molecule has 0 aliphatic carbocycles. The summed E-state index contributed by atoms with van der Waals surface area (Å²) in [5.41, 5.74) is -28.9. The Balaban J connectivity index is 0.000000421. The monoisotopic (exact) mass is 1160 g/mol. The Morgan fingerprint density at radius 2 is 0.573 bits per heavy atom. The lowest BCUT2D eigenvalue weighted by molar-refractivity contribution is -0.687. The molecule has 75 heavy (non-hydrogen) atoms. The van der Waals surface area contributed by atoms with E-state index in [1.807, 2.05) is 0 Å². The fourth-order valence-corrected chi connectivity index (χ4v) is 8.41. The molecule has 7 aromatic rings. The van der Waals surface area contributed by atoms with Gasteiger partial charge >= 0.3 is 49.4 Å². The molecule has 0 saturated heterocycles. The van der Waals surface area contributed by atoms with E-state index in [-0.39, 0.29) is 0 Å². The molecule has 0 radical (unpaired) electrons. The third-order valence-corrected chi connectivity index (χ3v) is 12.0. The molecule has 0 amide bonds. The van der Waals surface area contributed by atoms with E-state index >= 15 is 0 Å². The highest BCUT2D eigenvalue weighted by molar-refractivity contribution is 9.10. The summed E-state index contributed by atoms with van der Waals surface area (Å²) in [5.74, 6) is 0. The van der Waals surface area contributed by atoms with E-state index in [9.17, 15) is 105 Å². The predicted octanol–water partition coefficient (Wildman–Crippen LogP) is 15.2. The summed E-state index contributed by atoms with van der Waals surface area (Å²) in [7, 11) is 0. The van der Waals surface area contributed by atoms with Crippen molar-refractivity contribution < 1.29 is 110 Å². The number of fused-ring (bicyclic) bond motifs is 1. The summed E-state index contributed by atoms with van der Waals surface area (Å²) >= 11 is 3.46. The van der Waals surface area contributed by atoms with Crippen LogP contribution in [0.1, 0.15) is 50.1 Å². The molecule has 400 valence electrons. The Bertz CT molecular complexity index is 2760. The maximum atomic E-state index is 14.2. The number of hydrogen-bond acceptors (Lipinski definition) is 0. The van der Waals surface area contributed by atoms with Gasteiger partial charge in [0.05, 0.1) is 44.5 Å². The van der Waals surface area contributed by atoms with Crippen LogP contribution >= 0.6 is 15.9 Å². The second-order valence-corrected chi connectivity index (χ2v) is 17.5. The van der Waals surface area contributed by atoms with Crippen molar-refractivity contribution in [2.45, 2.75) is 56.0 Å². The molecule has 27 heteroatoms. The number of halogens is 25. The highest BCUT2D eigenvalue weighted by atomic mass is 79.9. The number of hydrogen-bond donors (Lipinski definition) is 0. The Morgan fingerprint density at radius 3 is 0.827 bits per heavy atom. The van der Waals surface area contributed by atoms with Crippen molar-refractivity contribution in [3.8, 4) is 0 Å². The summed E-state index contributed by atoms with van der Waals surface area (Å²) in [6.07, 6.45) is -50.5. The largest absolute Gasteiger partial charge is 0.416 e. The number of alkyl halides is 24. The first-order valence-electron chi connectivity index (χ1n) is 20.6. The maximum absolute atomic E-state index is 14.2. The third-order valence-electron chi connectivity index (χ3n) is 11.5. The van der Waals surface area contributed by atoms with Crippen LogP contribution in [0.15, 0.2) is 144 Å². The second-order valence-electron chi connectivity index (χ2n) is 16.6. The van der Waals surface area contributed by atoms with E-state index in [1.54, 1.807) is 0 Å². The summed E-state index contributed by atoms with van der Waals surface area (Å²) in [4.78, 5) is 0. The maximum Gasteiger partial charge on any atom is 0.416 e. The van der Waals surface area contributed by atoms with Gasteiger partial charge in [-0.3, -0.25) is 0 Å². The first-order valence-corrected chi connectivity index (χ1v) is 21.3. The van der Waals surface area contributed by atoms with Crippen LogP contribution in [0.3, 0.4) is 0 Å². The molecular weight excluding hydrogens is 1140 g/mol. The van der Waals surface area contributed by atoms with Gasteiger partial charge in [-0.1, -0.05) is 94.8 Å². The SMILES string of the molecule is Brc1ccc(C[n+]2ccc3ccccc3c2)cc1.FC(F)(F)c1cc([B-](c2cc(C(F)(F)F)cc(C(F)(F)F)c2)(c2cc(C(F)(F)F)cc(C(F)(F)F)c2)c2cc(C(F)(F)F)cc(C(F)(F)F)c2)cc(C(F)(F)F)c1. The number of aromatic nitrogens is 1. The zero-order valence-electron chi connectivity index (χ0n) is 36.5. The van der Waals surface area contributed by atoms with Gasteiger partial charge < -0.3 is 0 Å². The lowest BCUT2D eigenvalue weighted by atomic mass is 9.12. The molecular formula is C48H25BBrF24N. The molecule has 1 nitrogen and oxygen atoms in total. The van der Waals surface area contributed by atoms with E-state index in [0.717, 1.165) is 11.0 Å². The van der Waals surface area contributed by atoms with E-state index in [4.69, 9.17) is 0 Å². The van der Waals surface area contributed by atoms with Gasteiger partial charge in [-0.2, -0.15) is 127 Å². The minimum atomic E-state index is -6.13. The van der Waals surface area contributed by atoms with E-state index in [1.165, 1.54) is 16.3 Å². The molecule has 0 N–H and O–H groups in total. The van der Waals surface area contributed by atoms with Crippen molar-refractivity contribution in [1.29, 1.82) is 0 Å². The van der Waals surface area contributed by atoms with E-state index in [2.05, 4.69) is 87.5 Å². The normalized spacial score (nSPS) is 13.5. The lowest BCUT2D eigenvalue weighted by Crippen LogP contribution is -2.75. The average molecular weight is 1160 g/mol. The molecule has 1 heterocycles.